The smallest absolute Gasteiger partial charge is 0.422 e. The van der Waals surface area contributed by atoms with E-state index >= 15 is 0 Å². The number of hydrogen-bond donors (Lipinski definition) is 0. The van der Waals surface area contributed by atoms with E-state index in [0.29, 0.717) is 11.5 Å². The first kappa shape index (κ1) is 13.6. The van der Waals surface area contributed by atoms with Gasteiger partial charge < -0.3 is 4.42 Å². The molecule has 0 atom stereocenters. The summed E-state index contributed by atoms with van der Waals surface area (Å²) in [6, 6.07) is 4.08. The molecule has 0 fully saturated rings. The Labute approximate surface area is 105 Å². The van der Waals surface area contributed by atoms with E-state index in [1.807, 2.05) is 0 Å². The Morgan fingerprint density at radius 1 is 1.16 bits per heavy atom. The van der Waals surface area contributed by atoms with Gasteiger partial charge in [-0.05, 0) is 25.1 Å². The van der Waals surface area contributed by atoms with Gasteiger partial charge in [0.15, 0.2) is 0 Å². The third-order valence-electron chi connectivity index (χ3n) is 2.50. The van der Waals surface area contributed by atoms with Gasteiger partial charge in [-0.25, -0.2) is 13.2 Å². The highest BCUT2D eigenvalue weighted by molar-refractivity contribution is 7.92. The van der Waals surface area contributed by atoms with Crippen LogP contribution in [0.2, 0.25) is 0 Å². The average molecular weight is 292 g/mol. The van der Waals surface area contributed by atoms with Gasteiger partial charge in [-0.1, -0.05) is 0 Å². The monoisotopic (exact) mass is 292 g/mol. The maximum Gasteiger partial charge on any atom is 0.501 e. The predicted molar refractivity (Wildman–Crippen MR) is 60.5 cm³/mol. The molecule has 0 amide bonds. The van der Waals surface area contributed by atoms with Crippen molar-refractivity contribution >= 4 is 20.8 Å². The number of rotatable bonds is 1. The first-order chi connectivity index (χ1) is 8.63. The maximum atomic E-state index is 12.4. The number of sulfone groups is 1. The molecule has 1 aromatic carbocycles. The number of halogens is 3. The number of benzene rings is 1. The highest BCUT2D eigenvalue weighted by Gasteiger charge is 2.46. The van der Waals surface area contributed by atoms with Gasteiger partial charge in [-0.3, -0.25) is 0 Å². The lowest BCUT2D eigenvalue weighted by Crippen LogP contribution is -2.23. The minimum Gasteiger partial charge on any atom is -0.422 e. The molecule has 2 rings (SSSR count). The van der Waals surface area contributed by atoms with Crippen molar-refractivity contribution in [3.63, 3.8) is 0 Å². The Morgan fingerprint density at radius 2 is 1.79 bits per heavy atom. The highest BCUT2D eigenvalue weighted by atomic mass is 32.2. The van der Waals surface area contributed by atoms with E-state index in [2.05, 4.69) is 0 Å². The summed E-state index contributed by atoms with van der Waals surface area (Å²) in [5, 5.41) is 0.346. The van der Waals surface area contributed by atoms with Crippen molar-refractivity contribution in [1.82, 2.24) is 0 Å². The van der Waals surface area contributed by atoms with E-state index in [9.17, 15) is 26.4 Å². The van der Waals surface area contributed by atoms with Crippen LogP contribution in [0.3, 0.4) is 0 Å². The average Bonchev–Trinajstić information content (AvgIpc) is 2.28. The Hall–Kier alpha value is -1.83. The Bertz CT molecular complexity index is 803. The van der Waals surface area contributed by atoms with Crippen LogP contribution in [0.25, 0.3) is 11.0 Å². The van der Waals surface area contributed by atoms with Gasteiger partial charge in [0.25, 0.3) is 9.84 Å². The standard InChI is InChI=1S/C11H7F3O4S/c1-6-4-7-2-3-8(5-9(7)18-10(6)15)19(16,17)11(12,13)14/h2-5H,1H3. The van der Waals surface area contributed by atoms with E-state index in [4.69, 9.17) is 4.42 Å². The quantitative estimate of drug-likeness (QED) is 0.757. The van der Waals surface area contributed by atoms with Crippen LogP contribution >= 0.6 is 0 Å². The normalized spacial score (nSPS) is 12.8. The second-order valence-electron chi connectivity index (χ2n) is 3.87. The lowest BCUT2D eigenvalue weighted by molar-refractivity contribution is -0.0435. The SMILES string of the molecule is Cc1cc2ccc(S(=O)(=O)C(F)(F)F)cc2oc1=O. The third-order valence-corrected chi connectivity index (χ3v) is 3.98. The van der Waals surface area contributed by atoms with Crippen LogP contribution < -0.4 is 5.63 Å². The molecule has 0 radical (unpaired) electrons. The molecule has 0 saturated carbocycles. The van der Waals surface area contributed by atoms with Gasteiger partial charge in [-0.15, -0.1) is 0 Å². The van der Waals surface area contributed by atoms with Crippen molar-refractivity contribution in [3.05, 3.63) is 40.2 Å². The third kappa shape index (κ3) is 2.23. The number of fused-ring (bicyclic) bond motifs is 1. The van der Waals surface area contributed by atoms with Gasteiger partial charge >= 0.3 is 11.1 Å². The molecule has 0 aliphatic carbocycles. The second kappa shape index (κ2) is 4.09. The maximum absolute atomic E-state index is 12.4. The minimum atomic E-state index is -5.45. The van der Waals surface area contributed by atoms with Crippen LogP contribution in [0.5, 0.6) is 0 Å². The molecule has 1 aromatic heterocycles. The second-order valence-corrected chi connectivity index (χ2v) is 5.81. The van der Waals surface area contributed by atoms with Crippen LogP contribution in [0.1, 0.15) is 5.56 Å². The molecule has 4 nitrogen and oxygen atoms in total. The minimum absolute atomic E-state index is 0.207. The fourth-order valence-electron chi connectivity index (χ4n) is 1.50. The van der Waals surface area contributed by atoms with Gasteiger partial charge in [0.1, 0.15) is 5.58 Å². The summed E-state index contributed by atoms with van der Waals surface area (Å²) < 4.78 is 64.3. The number of alkyl halides is 3. The van der Waals surface area contributed by atoms with E-state index in [1.54, 1.807) is 0 Å². The molecule has 0 spiro atoms. The topological polar surface area (TPSA) is 64.3 Å². The molecule has 0 N–H and O–H groups in total. The Balaban J connectivity index is 2.73. The zero-order valence-corrected chi connectivity index (χ0v) is 10.3. The fourth-order valence-corrected chi connectivity index (χ4v) is 2.27. The summed E-state index contributed by atoms with van der Waals surface area (Å²) in [5.74, 6) is 0. The van der Waals surface area contributed by atoms with Crippen LogP contribution in [0.15, 0.2) is 38.4 Å². The Morgan fingerprint density at radius 3 is 2.37 bits per heavy atom. The molecule has 0 aliphatic rings. The molecular formula is C11H7F3O4S. The van der Waals surface area contributed by atoms with E-state index in [1.165, 1.54) is 13.0 Å². The molecule has 8 heteroatoms. The van der Waals surface area contributed by atoms with Crippen molar-refractivity contribution in [2.75, 3.05) is 0 Å². The van der Waals surface area contributed by atoms with Gasteiger partial charge in [0.05, 0.1) is 4.90 Å². The zero-order chi connectivity index (χ0) is 14.4. The molecule has 1 heterocycles. The lowest BCUT2D eigenvalue weighted by atomic mass is 10.2. The largest absolute Gasteiger partial charge is 0.501 e. The number of aryl methyl sites for hydroxylation is 1. The first-order valence-electron chi connectivity index (χ1n) is 4.99. The lowest BCUT2D eigenvalue weighted by Gasteiger charge is -2.08. The molecule has 102 valence electrons. The summed E-state index contributed by atoms with van der Waals surface area (Å²) in [4.78, 5) is 10.3. The van der Waals surface area contributed by atoms with Gasteiger partial charge in [-0.2, -0.15) is 13.2 Å². The van der Waals surface area contributed by atoms with Gasteiger partial charge in [0, 0.05) is 17.0 Å². The van der Waals surface area contributed by atoms with Crippen molar-refractivity contribution in [3.8, 4) is 0 Å². The summed E-state index contributed by atoms with van der Waals surface area (Å²) in [6.45, 7) is 1.48. The molecule has 0 aliphatic heterocycles. The van der Waals surface area contributed by atoms with Gasteiger partial charge in [0.2, 0.25) is 0 Å². The van der Waals surface area contributed by atoms with E-state index in [-0.39, 0.29) is 11.1 Å². The zero-order valence-electron chi connectivity index (χ0n) is 9.48. The van der Waals surface area contributed by atoms with Crippen LogP contribution in [0.4, 0.5) is 13.2 Å². The summed E-state index contributed by atoms with van der Waals surface area (Å²) in [5.41, 5.74) is -6.06. The fraction of sp³-hybridized carbons (Fsp3) is 0.182. The summed E-state index contributed by atoms with van der Waals surface area (Å²) in [6.07, 6.45) is 0. The molecule has 0 bridgehead atoms. The van der Waals surface area contributed by atoms with Crippen LogP contribution in [-0.4, -0.2) is 13.9 Å². The highest BCUT2D eigenvalue weighted by Crippen LogP contribution is 2.31. The molecule has 19 heavy (non-hydrogen) atoms. The molecule has 0 unspecified atom stereocenters. The van der Waals surface area contributed by atoms with E-state index in [0.717, 1.165) is 12.1 Å². The van der Waals surface area contributed by atoms with Crippen molar-refractivity contribution < 1.29 is 26.0 Å². The van der Waals surface area contributed by atoms with Crippen molar-refractivity contribution in [2.45, 2.75) is 17.3 Å². The molecule has 0 saturated heterocycles. The molecular weight excluding hydrogens is 285 g/mol. The predicted octanol–water partition coefficient (Wildman–Crippen LogP) is 2.39. The summed E-state index contributed by atoms with van der Waals surface area (Å²) >= 11 is 0. The Kier molecular flexibility index (Phi) is 2.93. The van der Waals surface area contributed by atoms with Crippen molar-refractivity contribution in [1.29, 1.82) is 0 Å². The number of hydrogen-bond acceptors (Lipinski definition) is 4. The van der Waals surface area contributed by atoms with Crippen LogP contribution in [-0.2, 0) is 9.84 Å². The summed E-state index contributed by atoms with van der Waals surface area (Å²) in [7, 11) is -5.45. The van der Waals surface area contributed by atoms with E-state index < -0.39 is 25.9 Å². The van der Waals surface area contributed by atoms with Crippen LogP contribution in [0, 0.1) is 6.92 Å². The molecule has 2 aromatic rings. The first-order valence-corrected chi connectivity index (χ1v) is 6.47. The van der Waals surface area contributed by atoms with Crippen molar-refractivity contribution in [2.24, 2.45) is 0 Å².